The topological polar surface area (TPSA) is 97.5 Å². The fourth-order valence-corrected chi connectivity index (χ4v) is 3.26. The molecule has 0 unspecified atom stereocenters. The average Bonchev–Trinajstić information content (AvgIpc) is 3.15. The number of hydrogen-bond acceptors (Lipinski definition) is 4. The number of hydrogen-bond donors (Lipinski definition) is 1. The predicted octanol–water partition coefficient (Wildman–Crippen LogP) is 3.12. The monoisotopic (exact) mass is 376 g/mol. The van der Waals surface area contributed by atoms with Crippen molar-refractivity contribution in [1.29, 1.82) is 0 Å². The highest BCUT2D eigenvalue weighted by molar-refractivity contribution is 6.14. The van der Waals surface area contributed by atoms with Gasteiger partial charge in [0.1, 0.15) is 5.70 Å². The van der Waals surface area contributed by atoms with E-state index >= 15 is 0 Å². The fourth-order valence-electron chi connectivity index (χ4n) is 3.26. The molecule has 0 atom stereocenters. The van der Waals surface area contributed by atoms with E-state index in [0.29, 0.717) is 6.54 Å². The molecule has 1 aliphatic rings. The van der Waals surface area contributed by atoms with Crippen molar-refractivity contribution >= 4 is 34.6 Å². The first-order valence-electron chi connectivity index (χ1n) is 8.56. The standard InChI is InChI=1S/C20H16N4O4/c1-22-19(25)17(21-20(22)26)10-14-12-23(18-8-3-2-7-16(14)18)11-13-5-4-6-15(9-13)24(27)28/h2-10,12H,11H2,1H3,(H,21,26)/b17-10+. The molecule has 8 nitrogen and oxygen atoms in total. The Morgan fingerprint density at radius 1 is 1.14 bits per heavy atom. The van der Waals surface area contributed by atoms with Gasteiger partial charge in [-0.3, -0.25) is 19.8 Å². The van der Waals surface area contributed by atoms with Gasteiger partial charge in [0, 0.05) is 48.4 Å². The fraction of sp³-hybridized carbons (Fsp3) is 0.100. The number of imide groups is 1. The number of carbonyl (C=O) groups is 2. The maximum atomic E-state index is 12.2. The third kappa shape index (κ3) is 3.01. The second kappa shape index (κ2) is 6.66. The quantitative estimate of drug-likeness (QED) is 0.327. The summed E-state index contributed by atoms with van der Waals surface area (Å²) >= 11 is 0. The van der Waals surface area contributed by atoms with Crippen LogP contribution in [0.5, 0.6) is 0 Å². The summed E-state index contributed by atoms with van der Waals surface area (Å²) in [5, 5.41) is 14.5. The molecule has 0 spiro atoms. The van der Waals surface area contributed by atoms with E-state index in [-0.39, 0.29) is 17.3 Å². The lowest BCUT2D eigenvalue weighted by atomic mass is 10.1. The number of nitrogens with one attached hydrogen (secondary N) is 1. The van der Waals surface area contributed by atoms with Crippen molar-refractivity contribution in [1.82, 2.24) is 14.8 Å². The zero-order valence-corrected chi connectivity index (χ0v) is 15.0. The highest BCUT2D eigenvalue weighted by Crippen LogP contribution is 2.26. The van der Waals surface area contributed by atoms with E-state index in [2.05, 4.69) is 5.32 Å². The Labute approximate surface area is 159 Å². The minimum absolute atomic E-state index is 0.0404. The smallest absolute Gasteiger partial charge is 0.328 e. The van der Waals surface area contributed by atoms with Crippen LogP contribution in [0.2, 0.25) is 0 Å². The Hall–Kier alpha value is -3.94. The number of non-ortho nitro benzene ring substituents is 1. The molecule has 2 heterocycles. The van der Waals surface area contributed by atoms with Crippen LogP contribution in [0.15, 0.2) is 60.4 Å². The molecule has 2 aromatic carbocycles. The second-order valence-corrected chi connectivity index (χ2v) is 6.51. The average molecular weight is 376 g/mol. The highest BCUT2D eigenvalue weighted by Gasteiger charge is 2.30. The number of amides is 3. The van der Waals surface area contributed by atoms with Crippen molar-refractivity contribution in [2.24, 2.45) is 0 Å². The highest BCUT2D eigenvalue weighted by atomic mass is 16.6. The SMILES string of the molecule is CN1C(=O)N/C(=C/c2cn(Cc3cccc([N+](=O)[O-])c3)c3ccccc23)C1=O. The van der Waals surface area contributed by atoms with E-state index < -0.39 is 11.0 Å². The van der Waals surface area contributed by atoms with Crippen LogP contribution in [0.4, 0.5) is 10.5 Å². The summed E-state index contributed by atoms with van der Waals surface area (Å²) in [5.41, 5.74) is 2.74. The van der Waals surface area contributed by atoms with Crippen LogP contribution < -0.4 is 5.32 Å². The van der Waals surface area contributed by atoms with Gasteiger partial charge in [-0.1, -0.05) is 30.3 Å². The Balaban J connectivity index is 1.75. The predicted molar refractivity (Wildman–Crippen MR) is 103 cm³/mol. The Morgan fingerprint density at radius 3 is 2.64 bits per heavy atom. The lowest BCUT2D eigenvalue weighted by Gasteiger charge is -2.05. The van der Waals surface area contributed by atoms with Gasteiger partial charge in [0.25, 0.3) is 11.6 Å². The Morgan fingerprint density at radius 2 is 1.93 bits per heavy atom. The first-order chi connectivity index (χ1) is 13.4. The summed E-state index contributed by atoms with van der Waals surface area (Å²) in [5.74, 6) is -0.388. The molecular weight excluding hydrogens is 360 g/mol. The van der Waals surface area contributed by atoms with Crippen LogP contribution in [0.1, 0.15) is 11.1 Å². The minimum atomic E-state index is -0.461. The number of likely N-dealkylation sites (N-methyl/N-ethyl adjacent to an activating group) is 1. The summed E-state index contributed by atoms with van der Waals surface area (Å²) in [6.07, 6.45) is 3.52. The van der Waals surface area contributed by atoms with E-state index in [4.69, 9.17) is 0 Å². The van der Waals surface area contributed by atoms with Gasteiger partial charge >= 0.3 is 6.03 Å². The molecule has 3 amide bonds. The summed E-state index contributed by atoms with van der Waals surface area (Å²) in [6, 6.07) is 13.7. The molecule has 8 heteroatoms. The van der Waals surface area contributed by atoms with Gasteiger partial charge in [0.2, 0.25) is 0 Å². The largest absolute Gasteiger partial charge is 0.342 e. The second-order valence-electron chi connectivity index (χ2n) is 6.51. The number of nitrogens with zero attached hydrogens (tertiary/aromatic N) is 3. The van der Waals surface area contributed by atoms with E-state index in [9.17, 15) is 19.7 Å². The molecule has 1 aromatic heterocycles. The van der Waals surface area contributed by atoms with Crippen molar-refractivity contribution in [2.75, 3.05) is 7.05 Å². The van der Waals surface area contributed by atoms with Gasteiger partial charge in [-0.2, -0.15) is 0 Å². The van der Waals surface area contributed by atoms with Crippen LogP contribution in [0, 0.1) is 10.1 Å². The Bertz CT molecular complexity index is 1160. The first kappa shape index (κ1) is 17.5. The van der Waals surface area contributed by atoms with Gasteiger partial charge in [-0.25, -0.2) is 4.79 Å². The molecule has 1 fully saturated rings. The van der Waals surface area contributed by atoms with Crippen LogP contribution >= 0.6 is 0 Å². The molecule has 3 aromatic rings. The van der Waals surface area contributed by atoms with E-state index in [1.807, 2.05) is 41.1 Å². The molecule has 0 bridgehead atoms. The summed E-state index contributed by atoms with van der Waals surface area (Å²) in [4.78, 5) is 35.5. The van der Waals surface area contributed by atoms with E-state index in [1.54, 1.807) is 18.2 Å². The molecule has 0 radical (unpaired) electrons. The summed E-state index contributed by atoms with van der Waals surface area (Å²) in [6.45, 7) is 0.436. The normalized spacial score (nSPS) is 15.5. The van der Waals surface area contributed by atoms with Crippen molar-refractivity contribution in [2.45, 2.75) is 6.54 Å². The number of aromatic nitrogens is 1. The molecule has 1 N–H and O–H groups in total. The summed E-state index contributed by atoms with van der Waals surface area (Å²) in [7, 11) is 1.42. The molecular formula is C20H16N4O4. The van der Waals surface area contributed by atoms with Gasteiger partial charge in [0.15, 0.2) is 0 Å². The number of benzene rings is 2. The lowest BCUT2D eigenvalue weighted by molar-refractivity contribution is -0.384. The number of carbonyl (C=O) groups excluding carboxylic acids is 2. The van der Waals surface area contributed by atoms with Gasteiger partial charge in [-0.15, -0.1) is 0 Å². The maximum absolute atomic E-state index is 12.2. The van der Waals surface area contributed by atoms with Crippen LogP contribution in [0.3, 0.4) is 0 Å². The van der Waals surface area contributed by atoms with Crippen molar-refractivity contribution in [3.8, 4) is 0 Å². The number of rotatable bonds is 4. The van der Waals surface area contributed by atoms with E-state index in [1.165, 1.54) is 13.1 Å². The van der Waals surface area contributed by atoms with Gasteiger partial charge in [-0.05, 0) is 17.7 Å². The molecule has 4 rings (SSSR count). The summed E-state index contributed by atoms with van der Waals surface area (Å²) < 4.78 is 1.96. The van der Waals surface area contributed by atoms with Crippen molar-refractivity contribution < 1.29 is 14.5 Å². The molecule has 28 heavy (non-hydrogen) atoms. The minimum Gasteiger partial charge on any atom is -0.342 e. The number of nitro groups is 1. The zero-order valence-electron chi connectivity index (χ0n) is 15.0. The van der Waals surface area contributed by atoms with Crippen molar-refractivity contribution in [3.63, 3.8) is 0 Å². The number of urea groups is 1. The number of nitro benzene ring substituents is 1. The molecule has 0 saturated carbocycles. The van der Waals surface area contributed by atoms with Crippen molar-refractivity contribution in [3.05, 3.63) is 81.7 Å². The number of para-hydroxylation sites is 1. The third-order valence-electron chi connectivity index (χ3n) is 4.67. The van der Waals surface area contributed by atoms with E-state index in [0.717, 1.165) is 26.9 Å². The molecule has 140 valence electrons. The molecule has 1 saturated heterocycles. The molecule has 1 aliphatic heterocycles. The third-order valence-corrected chi connectivity index (χ3v) is 4.67. The zero-order chi connectivity index (χ0) is 19.8. The lowest BCUT2D eigenvalue weighted by Crippen LogP contribution is -2.25. The first-order valence-corrected chi connectivity index (χ1v) is 8.56. The Kier molecular flexibility index (Phi) is 4.15. The van der Waals surface area contributed by atoms with Crippen LogP contribution in [-0.4, -0.2) is 33.4 Å². The molecule has 0 aliphatic carbocycles. The van der Waals surface area contributed by atoms with Crippen LogP contribution in [-0.2, 0) is 11.3 Å². The number of fused-ring (bicyclic) bond motifs is 1. The van der Waals surface area contributed by atoms with Gasteiger partial charge < -0.3 is 9.88 Å². The maximum Gasteiger partial charge on any atom is 0.328 e. The van der Waals surface area contributed by atoms with Crippen LogP contribution in [0.25, 0.3) is 17.0 Å². The van der Waals surface area contributed by atoms with Gasteiger partial charge in [0.05, 0.1) is 4.92 Å².